The van der Waals surface area contributed by atoms with Crippen molar-refractivity contribution < 1.29 is 107 Å². The van der Waals surface area contributed by atoms with E-state index in [9.17, 15) is 4.39 Å². The van der Waals surface area contributed by atoms with Gasteiger partial charge in [-0.25, -0.2) is 0 Å². The largest absolute Gasteiger partial charge is 1.00 e. The molecule has 0 radical (unpaired) electrons. The second-order valence-electron chi connectivity index (χ2n) is 1.87. The molecule has 0 atom stereocenters. The van der Waals surface area contributed by atoms with E-state index in [2.05, 4.69) is 6.07 Å². The van der Waals surface area contributed by atoms with Gasteiger partial charge in [-0.1, -0.05) is 0 Å². The first kappa shape index (κ1) is 17.0. The summed E-state index contributed by atoms with van der Waals surface area (Å²) < 4.78 is 11.8. The zero-order chi connectivity index (χ0) is 7.40. The van der Waals surface area contributed by atoms with Crippen molar-refractivity contribution in [2.24, 2.45) is 0 Å². The van der Waals surface area contributed by atoms with Gasteiger partial charge in [0.2, 0.25) is 0 Å². The van der Waals surface area contributed by atoms with Crippen molar-refractivity contribution in [3.63, 3.8) is 0 Å². The maximum absolute atomic E-state index is 11.8. The van der Waals surface area contributed by atoms with Crippen LogP contribution < -0.4 is 103 Å². The molecule has 0 aliphatic heterocycles. The van der Waals surface area contributed by atoms with Gasteiger partial charge in [0, 0.05) is 5.88 Å². The Morgan fingerprint density at radius 1 is 1.42 bits per heavy atom. The molecule has 0 spiro atoms. The fraction of sp³-hybridized carbons (Fsp3) is 0.125. The van der Waals surface area contributed by atoms with Crippen LogP contribution in [0.4, 0.5) is 4.39 Å². The fourth-order valence-corrected chi connectivity index (χ4v) is 0.834. The SMILES string of the molecule is F[CH-]c1[c-]c(CCl)ccc1.[K+].[K+]. The van der Waals surface area contributed by atoms with Crippen LogP contribution >= 0.6 is 11.6 Å². The zero-order valence-electron chi connectivity index (χ0n) is 7.27. The Kier molecular flexibility index (Phi) is 14.3. The summed E-state index contributed by atoms with van der Waals surface area (Å²) in [7, 11) is 0. The third-order valence-electron chi connectivity index (χ3n) is 1.14. The molecule has 0 N–H and O–H groups in total. The summed E-state index contributed by atoms with van der Waals surface area (Å²) in [5.74, 6) is 0.377. The van der Waals surface area contributed by atoms with Crippen LogP contribution in [0.3, 0.4) is 0 Å². The first-order chi connectivity index (χ1) is 4.86. The van der Waals surface area contributed by atoms with Crippen LogP contribution in [0.1, 0.15) is 11.1 Å². The minimum Gasteiger partial charge on any atom is -0.366 e. The van der Waals surface area contributed by atoms with Crippen LogP contribution in [-0.4, -0.2) is 0 Å². The minimum absolute atomic E-state index is 0. The molecule has 0 bridgehead atoms. The molecule has 0 unspecified atom stereocenters. The molecule has 12 heavy (non-hydrogen) atoms. The number of benzene rings is 1. The number of hydrogen-bond donors (Lipinski definition) is 0. The molecule has 4 heteroatoms. The summed E-state index contributed by atoms with van der Waals surface area (Å²) in [6, 6.07) is 7.97. The summed E-state index contributed by atoms with van der Waals surface area (Å²) in [5, 5.41) is 0. The van der Waals surface area contributed by atoms with Crippen LogP contribution in [0.5, 0.6) is 0 Å². The molecule has 0 aromatic heterocycles. The third-order valence-corrected chi connectivity index (χ3v) is 1.43. The number of rotatable bonds is 2. The minimum atomic E-state index is 0. The van der Waals surface area contributed by atoms with Gasteiger partial charge in [0.25, 0.3) is 0 Å². The standard InChI is InChI=1S/C8H6ClF.2K/c9-5-7-2-1-3-8(4-7)6-10;;/h1-3,6H,5H2;;/q-2;2*+1. The van der Waals surface area contributed by atoms with Gasteiger partial charge in [-0.05, 0) is 0 Å². The van der Waals surface area contributed by atoms with Crippen molar-refractivity contribution >= 4 is 11.6 Å². The van der Waals surface area contributed by atoms with Crippen molar-refractivity contribution in [2.45, 2.75) is 5.88 Å². The molecule has 54 valence electrons. The Morgan fingerprint density at radius 2 is 2.08 bits per heavy atom. The van der Waals surface area contributed by atoms with Gasteiger partial charge >= 0.3 is 103 Å². The van der Waals surface area contributed by atoms with Crippen LogP contribution in [0.25, 0.3) is 0 Å². The molecule has 0 fully saturated rings. The van der Waals surface area contributed by atoms with Gasteiger partial charge in [0.15, 0.2) is 0 Å². The molecule has 0 nitrogen and oxygen atoms in total. The van der Waals surface area contributed by atoms with E-state index in [1.54, 1.807) is 18.2 Å². The molecule has 1 rings (SSSR count). The molecule has 1 aromatic carbocycles. The van der Waals surface area contributed by atoms with Crippen LogP contribution in [0, 0.1) is 12.7 Å². The molecular weight excluding hydrogens is 229 g/mol. The molecule has 0 saturated heterocycles. The zero-order valence-corrected chi connectivity index (χ0v) is 14.3. The van der Waals surface area contributed by atoms with E-state index in [0.717, 1.165) is 5.56 Å². The summed E-state index contributed by atoms with van der Waals surface area (Å²) in [6.45, 7) is 0.510. The molecule has 1 aromatic rings. The van der Waals surface area contributed by atoms with Crippen LogP contribution in [-0.2, 0) is 5.88 Å². The average molecular weight is 235 g/mol. The van der Waals surface area contributed by atoms with Crippen molar-refractivity contribution in [3.05, 3.63) is 42.1 Å². The van der Waals surface area contributed by atoms with Crippen molar-refractivity contribution in [1.29, 1.82) is 0 Å². The smallest absolute Gasteiger partial charge is 0.366 e. The van der Waals surface area contributed by atoms with Gasteiger partial charge in [-0.2, -0.15) is 11.6 Å². The second kappa shape index (κ2) is 10.1. The molecular formula is C8H6ClFK2. The van der Waals surface area contributed by atoms with Gasteiger partial charge in [-0.15, -0.1) is 24.3 Å². The third kappa shape index (κ3) is 6.14. The second-order valence-corrected chi connectivity index (χ2v) is 2.14. The molecule has 0 aliphatic rings. The fourth-order valence-electron chi connectivity index (χ4n) is 0.678. The first-order valence-corrected chi connectivity index (χ1v) is 3.41. The quantitative estimate of drug-likeness (QED) is 0.286. The Labute approximate surface area is 162 Å². The van der Waals surface area contributed by atoms with E-state index < -0.39 is 0 Å². The average Bonchev–Trinajstić information content (AvgIpc) is 2.05. The van der Waals surface area contributed by atoms with E-state index >= 15 is 0 Å². The topological polar surface area (TPSA) is 0 Å². The summed E-state index contributed by atoms with van der Waals surface area (Å²) >= 11 is 5.49. The Hall–Kier alpha value is 2.58. The van der Waals surface area contributed by atoms with Crippen molar-refractivity contribution in [1.82, 2.24) is 0 Å². The molecule has 0 aliphatic carbocycles. The molecule has 0 heterocycles. The normalized spacial score (nSPS) is 7.83. The Balaban J connectivity index is 0. The Bertz CT molecular complexity index is 199. The first-order valence-electron chi connectivity index (χ1n) is 2.87. The van der Waals surface area contributed by atoms with Crippen LogP contribution in [0.15, 0.2) is 18.2 Å². The van der Waals surface area contributed by atoms with Gasteiger partial charge in [-0.3, -0.25) is 6.07 Å². The summed E-state index contributed by atoms with van der Waals surface area (Å²) in [4.78, 5) is 0. The van der Waals surface area contributed by atoms with Crippen LogP contribution in [0.2, 0.25) is 0 Å². The van der Waals surface area contributed by atoms with Crippen molar-refractivity contribution in [2.75, 3.05) is 0 Å². The van der Waals surface area contributed by atoms with Gasteiger partial charge in [0.05, 0.1) is 0 Å². The molecule has 0 saturated carbocycles. The number of hydrogen-bond acceptors (Lipinski definition) is 0. The van der Waals surface area contributed by atoms with Crippen molar-refractivity contribution in [3.8, 4) is 0 Å². The number of halogens is 2. The molecule has 0 amide bonds. The van der Waals surface area contributed by atoms with E-state index in [1.165, 1.54) is 0 Å². The predicted molar refractivity (Wildman–Crippen MR) is 39.3 cm³/mol. The maximum Gasteiger partial charge on any atom is 1.00 e. The maximum atomic E-state index is 11.8. The predicted octanol–water partition coefficient (Wildman–Crippen LogP) is -3.29. The van der Waals surface area contributed by atoms with E-state index in [1.807, 2.05) is 0 Å². The van der Waals surface area contributed by atoms with Gasteiger partial charge < -0.3 is 16.0 Å². The number of alkyl halides is 1. The summed E-state index contributed by atoms with van der Waals surface area (Å²) in [6.07, 6.45) is 0. The summed E-state index contributed by atoms with van der Waals surface area (Å²) in [5.41, 5.74) is 1.26. The van der Waals surface area contributed by atoms with E-state index in [0.29, 0.717) is 18.1 Å². The Morgan fingerprint density at radius 3 is 2.58 bits per heavy atom. The monoisotopic (exact) mass is 234 g/mol. The van der Waals surface area contributed by atoms with E-state index in [-0.39, 0.29) is 103 Å². The van der Waals surface area contributed by atoms with E-state index in [4.69, 9.17) is 11.6 Å². The van der Waals surface area contributed by atoms with Gasteiger partial charge in [0.1, 0.15) is 0 Å².